The molecule has 0 radical (unpaired) electrons. The molecule has 1 aliphatic heterocycles. The molecule has 1 unspecified atom stereocenters. The fraction of sp³-hybridized carbons (Fsp3) is 0.174. The van der Waals surface area contributed by atoms with Gasteiger partial charge in [-0.1, -0.05) is 36.4 Å². The van der Waals surface area contributed by atoms with Gasteiger partial charge in [-0.05, 0) is 42.2 Å². The molecular weight excluding hydrogens is 391 g/mol. The average molecular weight is 412 g/mol. The number of amides is 1. The average Bonchev–Trinajstić information content (AvgIpc) is 3.29. The predicted molar refractivity (Wildman–Crippen MR) is 116 cm³/mol. The Hall–Kier alpha value is -2.51. The van der Waals surface area contributed by atoms with E-state index in [2.05, 4.69) is 10.3 Å². The van der Waals surface area contributed by atoms with Crippen LogP contribution >= 0.6 is 0 Å². The van der Waals surface area contributed by atoms with Gasteiger partial charge in [0, 0.05) is 24.6 Å². The van der Waals surface area contributed by atoms with Crippen molar-refractivity contribution in [1.82, 2.24) is 4.98 Å². The summed E-state index contributed by atoms with van der Waals surface area (Å²) in [6, 6.07) is 16.3. The summed E-state index contributed by atoms with van der Waals surface area (Å²) >= 11 is 0. The summed E-state index contributed by atoms with van der Waals surface area (Å²) in [5, 5.41) is 12.2. The molecule has 0 bridgehead atoms. The van der Waals surface area contributed by atoms with Crippen molar-refractivity contribution in [3.05, 3.63) is 83.7 Å². The zero-order valence-electron chi connectivity index (χ0n) is 15.7. The standard InChI is InChI=1S/C23H20N2O4.Na.H/c26-22(18-11-17(13-24-14-18)15-5-2-1-3-6-15)25-20-12-16(21-7-4-10-29-21)8-9-19(20)23(27)28;;/h1-3,5-6,8-9,11-14,21H,4,7,10H2,(H,25,26)(H,27,28);;. The van der Waals surface area contributed by atoms with Crippen LogP contribution < -0.4 is 5.32 Å². The van der Waals surface area contributed by atoms with Gasteiger partial charge in [0.1, 0.15) is 0 Å². The van der Waals surface area contributed by atoms with Crippen molar-refractivity contribution in [3.8, 4) is 11.1 Å². The molecule has 1 aliphatic rings. The van der Waals surface area contributed by atoms with Crippen LogP contribution in [0.1, 0.15) is 45.2 Å². The van der Waals surface area contributed by atoms with E-state index in [-0.39, 0.29) is 46.9 Å². The van der Waals surface area contributed by atoms with Crippen LogP contribution in [-0.4, -0.2) is 58.1 Å². The van der Waals surface area contributed by atoms with Crippen LogP contribution in [0.3, 0.4) is 0 Å². The van der Waals surface area contributed by atoms with Crippen molar-refractivity contribution in [2.75, 3.05) is 11.9 Å². The monoisotopic (exact) mass is 412 g/mol. The van der Waals surface area contributed by atoms with Gasteiger partial charge in [0.2, 0.25) is 0 Å². The summed E-state index contributed by atoms with van der Waals surface area (Å²) < 4.78 is 5.68. The molecule has 0 spiro atoms. The van der Waals surface area contributed by atoms with Gasteiger partial charge in [-0.3, -0.25) is 9.78 Å². The van der Waals surface area contributed by atoms with E-state index in [0.29, 0.717) is 12.2 Å². The van der Waals surface area contributed by atoms with Gasteiger partial charge >= 0.3 is 35.5 Å². The van der Waals surface area contributed by atoms with Crippen LogP contribution in [0.2, 0.25) is 0 Å². The third-order valence-corrected chi connectivity index (χ3v) is 4.93. The molecule has 7 heteroatoms. The quantitative estimate of drug-likeness (QED) is 0.621. The van der Waals surface area contributed by atoms with E-state index in [0.717, 1.165) is 29.5 Å². The van der Waals surface area contributed by atoms with Crippen molar-refractivity contribution >= 4 is 47.1 Å². The van der Waals surface area contributed by atoms with Crippen LogP contribution in [0, 0.1) is 0 Å². The van der Waals surface area contributed by atoms with Gasteiger partial charge in [-0.25, -0.2) is 4.79 Å². The van der Waals surface area contributed by atoms with E-state index < -0.39 is 11.9 Å². The maximum atomic E-state index is 12.8. The fourth-order valence-electron chi connectivity index (χ4n) is 3.44. The minimum atomic E-state index is -1.10. The van der Waals surface area contributed by atoms with Crippen molar-refractivity contribution in [3.63, 3.8) is 0 Å². The molecule has 1 saturated heterocycles. The molecule has 4 rings (SSSR count). The van der Waals surface area contributed by atoms with Crippen LogP contribution in [0.4, 0.5) is 5.69 Å². The number of ether oxygens (including phenoxy) is 1. The molecule has 2 N–H and O–H groups in total. The van der Waals surface area contributed by atoms with Crippen molar-refractivity contribution in [2.24, 2.45) is 0 Å². The molecule has 1 atom stereocenters. The van der Waals surface area contributed by atoms with Crippen LogP contribution in [0.5, 0.6) is 0 Å². The van der Waals surface area contributed by atoms with Gasteiger partial charge in [0.25, 0.3) is 5.91 Å². The number of hydrogen-bond donors (Lipinski definition) is 2. The zero-order valence-corrected chi connectivity index (χ0v) is 15.7. The first-order valence-electron chi connectivity index (χ1n) is 9.42. The molecular formula is C23H21N2NaO4. The van der Waals surface area contributed by atoms with E-state index in [9.17, 15) is 14.7 Å². The summed E-state index contributed by atoms with van der Waals surface area (Å²) in [7, 11) is 0. The number of carbonyl (C=O) groups is 2. The molecule has 0 saturated carbocycles. The number of nitrogens with one attached hydrogen (secondary N) is 1. The number of benzene rings is 2. The molecule has 6 nitrogen and oxygen atoms in total. The number of rotatable bonds is 5. The zero-order chi connectivity index (χ0) is 20.2. The molecule has 3 aromatic rings. The second-order valence-corrected chi connectivity index (χ2v) is 6.89. The van der Waals surface area contributed by atoms with Crippen LogP contribution in [0.25, 0.3) is 11.1 Å². The number of pyridine rings is 1. The maximum absolute atomic E-state index is 12.8. The Morgan fingerprint density at radius 3 is 2.53 bits per heavy atom. The van der Waals surface area contributed by atoms with Crippen LogP contribution in [-0.2, 0) is 4.74 Å². The Kier molecular flexibility index (Phi) is 7.39. The Labute approximate surface area is 196 Å². The molecule has 1 amide bonds. The topological polar surface area (TPSA) is 88.5 Å². The number of carboxylic acids is 1. The fourth-order valence-corrected chi connectivity index (χ4v) is 3.44. The summed E-state index contributed by atoms with van der Waals surface area (Å²) in [5.41, 5.74) is 3.25. The van der Waals surface area contributed by atoms with Crippen molar-refractivity contribution in [1.29, 1.82) is 0 Å². The van der Waals surface area contributed by atoms with E-state index in [1.807, 2.05) is 30.3 Å². The number of carboxylic acid groups (broad SMARTS) is 1. The molecule has 0 aliphatic carbocycles. The minimum absolute atomic E-state index is 0. The summed E-state index contributed by atoms with van der Waals surface area (Å²) in [4.78, 5) is 28.6. The van der Waals surface area contributed by atoms with E-state index in [4.69, 9.17) is 4.74 Å². The number of anilines is 1. The Bertz CT molecular complexity index is 1050. The first-order valence-corrected chi connectivity index (χ1v) is 9.42. The van der Waals surface area contributed by atoms with Crippen molar-refractivity contribution < 1.29 is 19.4 Å². The van der Waals surface area contributed by atoms with Gasteiger partial charge < -0.3 is 15.2 Å². The number of aromatic carboxylic acids is 1. The number of nitrogens with zero attached hydrogens (tertiary/aromatic N) is 1. The van der Waals surface area contributed by atoms with Gasteiger partial charge in [-0.15, -0.1) is 0 Å². The second kappa shape index (κ2) is 10.00. The van der Waals surface area contributed by atoms with Gasteiger partial charge in [0.05, 0.1) is 22.9 Å². The number of carbonyl (C=O) groups excluding carboxylic acids is 1. The van der Waals surface area contributed by atoms with Gasteiger partial charge in [0.15, 0.2) is 0 Å². The molecule has 1 fully saturated rings. The second-order valence-electron chi connectivity index (χ2n) is 6.89. The first kappa shape index (κ1) is 22.2. The molecule has 148 valence electrons. The molecule has 30 heavy (non-hydrogen) atoms. The molecule has 2 heterocycles. The number of aromatic nitrogens is 1. The molecule has 2 aromatic carbocycles. The first-order chi connectivity index (χ1) is 14.1. The van der Waals surface area contributed by atoms with E-state index in [1.165, 1.54) is 12.3 Å². The summed E-state index contributed by atoms with van der Waals surface area (Å²) in [6.45, 7) is 0.686. The SMILES string of the molecule is O=C(Nc1cc(C2CCCO2)ccc1C(=O)O)c1cncc(-c2ccccc2)c1.[NaH]. The Morgan fingerprint density at radius 1 is 1.03 bits per heavy atom. The summed E-state index contributed by atoms with van der Waals surface area (Å²) in [5.74, 6) is -1.52. The Balaban J connectivity index is 0.00000256. The number of hydrogen-bond acceptors (Lipinski definition) is 4. The predicted octanol–water partition coefficient (Wildman–Crippen LogP) is 3.90. The van der Waals surface area contributed by atoms with Crippen LogP contribution in [0.15, 0.2) is 67.0 Å². The van der Waals surface area contributed by atoms with Crippen molar-refractivity contribution in [2.45, 2.75) is 18.9 Å². The van der Waals surface area contributed by atoms with E-state index >= 15 is 0 Å². The Morgan fingerprint density at radius 2 is 1.83 bits per heavy atom. The third-order valence-electron chi connectivity index (χ3n) is 4.93. The normalized spacial score (nSPS) is 15.3. The summed E-state index contributed by atoms with van der Waals surface area (Å²) in [6.07, 6.45) is 4.92. The third kappa shape index (κ3) is 4.96. The van der Waals surface area contributed by atoms with E-state index in [1.54, 1.807) is 24.4 Å². The van der Waals surface area contributed by atoms with Gasteiger partial charge in [-0.2, -0.15) is 0 Å². The molecule has 1 aromatic heterocycles.